The molecule has 6 nitrogen and oxygen atoms in total. The van der Waals surface area contributed by atoms with E-state index in [0.29, 0.717) is 16.9 Å². The normalized spacial score (nSPS) is 17.2. The van der Waals surface area contributed by atoms with Crippen molar-refractivity contribution in [3.8, 4) is 11.5 Å². The number of carbonyl (C=O) groups excluding carboxylic acids is 2. The standard InChI is InChI=1S/C26H21F2NO5/c1-33-19-11-12-21(34-2)20(13-19)24(30)22-23(16-5-9-18(28)10-6-16)29(26(32)25(22)31)14-15-3-7-17(27)8-4-15/h3-13,23,30H,14H2,1-2H3/b24-22+. The zero-order valence-corrected chi connectivity index (χ0v) is 18.4. The molecule has 34 heavy (non-hydrogen) atoms. The number of aliphatic hydroxyl groups is 1. The van der Waals surface area contributed by atoms with Gasteiger partial charge in [0.2, 0.25) is 0 Å². The fourth-order valence-corrected chi connectivity index (χ4v) is 3.97. The van der Waals surface area contributed by atoms with Crippen LogP contribution in [0.5, 0.6) is 11.5 Å². The maximum Gasteiger partial charge on any atom is 0.295 e. The van der Waals surface area contributed by atoms with E-state index in [2.05, 4.69) is 0 Å². The minimum atomic E-state index is -1.01. The molecule has 1 heterocycles. The van der Waals surface area contributed by atoms with Gasteiger partial charge in [0.15, 0.2) is 0 Å². The van der Waals surface area contributed by atoms with Crippen molar-refractivity contribution in [1.82, 2.24) is 4.90 Å². The number of aliphatic hydroxyl groups excluding tert-OH is 1. The molecule has 0 radical (unpaired) electrons. The number of benzene rings is 3. The second-order valence-electron chi connectivity index (χ2n) is 7.67. The van der Waals surface area contributed by atoms with Crippen LogP contribution in [0.25, 0.3) is 5.76 Å². The Hall–Kier alpha value is -4.20. The lowest BCUT2D eigenvalue weighted by atomic mass is 9.94. The van der Waals surface area contributed by atoms with Gasteiger partial charge in [-0.2, -0.15) is 0 Å². The smallest absolute Gasteiger partial charge is 0.295 e. The Morgan fingerprint density at radius 2 is 1.53 bits per heavy atom. The van der Waals surface area contributed by atoms with E-state index in [0.717, 1.165) is 0 Å². The van der Waals surface area contributed by atoms with E-state index in [1.54, 1.807) is 12.1 Å². The second kappa shape index (κ2) is 9.35. The molecule has 0 aliphatic carbocycles. The predicted molar refractivity (Wildman–Crippen MR) is 120 cm³/mol. The third-order valence-electron chi connectivity index (χ3n) is 5.65. The first-order chi connectivity index (χ1) is 16.3. The van der Waals surface area contributed by atoms with Gasteiger partial charge in [-0.1, -0.05) is 24.3 Å². The Morgan fingerprint density at radius 3 is 2.12 bits per heavy atom. The average molecular weight is 465 g/mol. The van der Waals surface area contributed by atoms with Crippen molar-refractivity contribution in [3.05, 3.63) is 101 Å². The molecule has 0 aromatic heterocycles. The van der Waals surface area contributed by atoms with E-state index >= 15 is 0 Å². The van der Waals surface area contributed by atoms with Gasteiger partial charge in [0.05, 0.1) is 31.4 Å². The molecule has 3 aromatic rings. The van der Waals surface area contributed by atoms with Gasteiger partial charge in [0.25, 0.3) is 11.7 Å². The Bertz CT molecular complexity index is 1270. The lowest BCUT2D eigenvalue weighted by Crippen LogP contribution is -2.29. The summed E-state index contributed by atoms with van der Waals surface area (Å²) >= 11 is 0. The summed E-state index contributed by atoms with van der Waals surface area (Å²) in [6.45, 7) is -0.0288. The molecule has 4 rings (SSSR count). The van der Waals surface area contributed by atoms with Crippen LogP contribution in [0.3, 0.4) is 0 Å². The highest BCUT2D eigenvalue weighted by molar-refractivity contribution is 6.46. The fourth-order valence-electron chi connectivity index (χ4n) is 3.97. The summed E-state index contributed by atoms with van der Waals surface area (Å²) < 4.78 is 37.6. The van der Waals surface area contributed by atoms with Crippen molar-refractivity contribution >= 4 is 17.4 Å². The number of ketones is 1. The molecule has 1 fully saturated rings. The van der Waals surface area contributed by atoms with Crippen LogP contribution in [0, 0.1) is 11.6 Å². The van der Waals surface area contributed by atoms with E-state index in [-0.39, 0.29) is 23.4 Å². The summed E-state index contributed by atoms with van der Waals surface area (Å²) in [7, 11) is 2.86. The third kappa shape index (κ3) is 4.22. The molecule has 1 amide bonds. The van der Waals surface area contributed by atoms with Crippen LogP contribution in [0.4, 0.5) is 8.78 Å². The summed E-state index contributed by atoms with van der Waals surface area (Å²) in [5, 5.41) is 11.3. The van der Waals surface area contributed by atoms with E-state index in [1.165, 1.54) is 73.7 Å². The Morgan fingerprint density at radius 1 is 0.912 bits per heavy atom. The molecule has 1 N–H and O–H groups in total. The Labute approximate surface area is 194 Å². The molecule has 1 saturated heterocycles. The maximum atomic E-state index is 13.6. The summed E-state index contributed by atoms with van der Waals surface area (Å²) in [4.78, 5) is 27.5. The van der Waals surface area contributed by atoms with Crippen LogP contribution < -0.4 is 9.47 Å². The van der Waals surface area contributed by atoms with Crippen LogP contribution in [0.1, 0.15) is 22.7 Å². The van der Waals surface area contributed by atoms with Crippen molar-refractivity contribution in [1.29, 1.82) is 0 Å². The molecule has 0 saturated carbocycles. The van der Waals surface area contributed by atoms with Crippen LogP contribution in [0.2, 0.25) is 0 Å². The number of rotatable bonds is 6. The maximum absolute atomic E-state index is 13.6. The van der Waals surface area contributed by atoms with E-state index in [1.807, 2.05) is 0 Å². The molecular weight excluding hydrogens is 444 g/mol. The third-order valence-corrected chi connectivity index (χ3v) is 5.65. The lowest BCUT2D eigenvalue weighted by Gasteiger charge is -2.25. The van der Waals surface area contributed by atoms with Gasteiger partial charge in [0, 0.05) is 6.54 Å². The number of ether oxygens (including phenoxy) is 2. The first-order valence-electron chi connectivity index (χ1n) is 10.3. The minimum Gasteiger partial charge on any atom is -0.507 e. The van der Waals surface area contributed by atoms with Gasteiger partial charge >= 0.3 is 0 Å². The number of hydrogen-bond donors (Lipinski definition) is 1. The van der Waals surface area contributed by atoms with Gasteiger partial charge in [-0.05, 0) is 53.6 Å². The first kappa shape index (κ1) is 23.0. The van der Waals surface area contributed by atoms with Crippen LogP contribution >= 0.6 is 0 Å². The van der Waals surface area contributed by atoms with E-state index in [9.17, 15) is 23.5 Å². The molecule has 0 bridgehead atoms. The Kier molecular flexibility index (Phi) is 6.32. The molecular formula is C26H21F2NO5. The van der Waals surface area contributed by atoms with E-state index in [4.69, 9.17) is 9.47 Å². The van der Waals surface area contributed by atoms with Crippen LogP contribution in [-0.4, -0.2) is 35.9 Å². The van der Waals surface area contributed by atoms with Gasteiger partial charge in [0.1, 0.15) is 28.9 Å². The van der Waals surface area contributed by atoms with E-state index < -0.39 is 35.1 Å². The largest absolute Gasteiger partial charge is 0.507 e. The van der Waals surface area contributed by atoms with Crippen molar-refractivity contribution < 1.29 is 33.0 Å². The quantitative estimate of drug-likeness (QED) is 0.327. The average Bonchev–Trinajstić information content (AvgIpc) is 3.10. The highest BCUT2D eigenvalue weighted by atomic mass is 19.1. The zero-order valence-electron chi connectivity index (χ0n) is 18.4. The van der Waals surface area contributed by atoms with Crippen molar-refractivity contribution in [2.45, 2.75) is 12.6 Å². The Balaban J connectivity index is 1.89. The summed E-state index contributed by atoms with van der Waals surface area (Å²) in [5.74, 6) is -2.47. The van der Waals surface area contributed by atoms with Gasteiger partial charge < -0.3 is 19.5 Å². The summed E-state index contributed by atoms with van der Waals surface area (Å²) in [6.07, 6.45) is 0. The number of hydrogen-bond acceptors (Lipinski definition) is 5. The van der Waals surface area contributed by atoms with Crippen LogP contribution in [-0.2, 0) is 16.1 Å². The lowest BCUT2D eigenvalue weighted by molar-refractivity contribution is -0.140. The summed E-state index contributed by atoms with van der Waals surface area (Å²) in [5.41, 5.74) is 0.986. The molecule has 0 spiro atoms. The summed E-state index contributed by atoms with van der Waals surface area (Å²) in [6, 6.07) is 14.5. The highest BCUT2D eigenvalue weighted by Gasteiger charge is 2.46. The molecule has 1 atom stereocenters. The second-order valence-corrected chi connectivity index (χ2v) is 7.67. The SMILES string of the molecule is COc1ccc(OC)c(/C(O)=C2\C(=O)C(=O)N(Cc3ccc(F)cc3)C2c2ccc(F)cc2)c1. The molecule has 1 aliphatic rings. The number of likely N-dealkylation sites (tertiary alicyclic amines) is 1. The van der Waals surface area contributed by atoms with Crippen molar-refractivity contribution in [2.24, 2.45) is 0 Å². The zero-order chi connectivity index (χ0) is 24.4. The van der Waals surface area contributed by atoms with Gasteiger partial charge in [-0.25, -0.2) is 8.78 Å². The van der Waals surface area contributed by atoms with Crippen molar-refractivity contribution in [3.63, 3.8) is 0 Å². The van der Waals surface area contributed by atoms with Crippen molar-refractivity contribution in [2.75, 3.05) is 14.2 Å². The number of carbonyl (C=O) groups is 2. The number of methoxy groups -OCH3 is 2. The number of halogens is 2. The predicted octanol–water partition coefficient (Wildman–Crippen LogP) is 4.60. The minimum absolute atomic E-state index is 0.0288. The first-order valence-corrected chi connectivity index (χ1v) is 10.3. The monoisotopic (exact) mass is 465 g/mol. The topological polar surface area (TPSA) is 76.1 Å². The molecule has 1 unspecified atom stereocenters. The van der Waals surface area contributed by atoms with Gasteiger partial charge in [-0.15, -0.1) is 0 Å². The highest BCUT2D eigenvalue weighted by Crippen LogP contribution is 2.42. The van der Waals surface area contributed by atoms with Crippen LogP contribution in [0.15, 0.2) is 72.3 Å². The molecule has 1 aliphatic heterocycles. The van der Waals surface area contributed by atoms with Gasteiger partial charge in [-0.3, -0.25) is 9.59 Å². The number of nitrogens with zero attached hydrogens (tertiary/aromatic N) is 1. The number of amides is 1. The number of Topliss-reactive ketones (excluding diaryl/α,β-unsaturated/α-hetero) is 1. The molecule has 174 valence electrons. The molecule has 3 aromatic carbocycles. The fraction of sp³-hybridized carbons (Fsp3) is 0.154. The molecule has 8 heteroatoms.